The molecule has 0 radical (unpaired) electrons. The maximum atomic E-state index is 9.50. The number of aryl methyl sites for hydroxylation is 1. The van der Waals surface area contributed by atoms with Gasteiger partial charge in [0.05, 0.1) is 13.2 Å². The monoisotopic (exact) mass is 228 g/mol. The Kier molecular flexibility index (Phi) is 3.14. The van der Waals surface area contributed by atoms with Crippen LogP contribution in [0.2, 0.25) is 5.02 Å². The SMILES string of the molecule is Cc1cc(O[C@@H]2COC[C@H]2O)ccc1Cl. The molecule has 0 saturated carbocycles. The molecule has 0 aromatic heterocycles. The number of aliphatic hydroxyl groups is 1. The van der Waals surface area contributed by atoms with Gasteiger partial charge in [-0.2, -0.15) is 0 Å². The Morgan fingerprint density at radius 3 is 2.87 bits per heavy atom. The molecule has 0 aliphatic carbocycles. The molecule has 1 N–H and O–H groups in total. The van der Waals surface area contributed by atoms with Crippen molar-refractivity contribution in [3.63, 3.8) is 0 Å². The van der Waals surface area contributed by atoms with Crippen molar-refractivity contribution in [3.8, 4) is 5.75 Å². The Morgan fingerprint density at radius 2 is 2.27 bits per heavy atom. The molecule has 15 heavy (non-hydrogen) atoms. The molecule has 82 valence electrons. The topological polar surface area (TPSA) is 38.7 Å². The molecule has 1 aromatic carbocycles. The molecule has 2 atom stereocenters. The summed E-state index contributed by atoms with van der Waals surface area (Å²) in [4.78, 5) is 0. The molecule has 3 nitrogen and oxygen atoms in total. The van der Waals surface area contributed by atoms with Crippen molar-refractivity contribution in [3.05, 3.63) is 28.8 Å². The molecule has 0 bridgehead atoms. The first kappa shape index (κ1) is 10.7. The van der Waals surface area contributed by atoms with Crippen LogP contribution in [0.1, 0.15) is 5.56 Å². The molecule has 1 aliphatic rings. The molecule has 4 heteroatoms. The lowest BCUT2D eigenvalue weighted by Gasteiger charge is -2.15. The van der Waals surface area contributed by atoms with E-state index in [0.29, 0.717) is 24.0 Å². The zero-order valence-electron chi connectivity index (χ0n) is 8.44. The number of ether oxygens (including phenoxy) is 2. The minimum absolute atomic E-state index is 0.273. The number of hydrogen-bond donors (Lipinski definition) is 1. The Balaban J connectivity index is 2.07. The predicted octanol–water partition coefficient (Wildman–Crippen LogP) is 1.79. The maximum absolute atomic E-state index is 9.50. The van der Waals surface area contributed by atoms with Crippen molar-refractivity contribution in [1.29, 1.82) is 0 Å². The van der Waals surface area contributed by atoms with Crippen LogP contribution in [0, 0.1) is 6.92 Å². The maximum Gasteiger partial charge on any atom is 0.150 e. The lowest BCUT2D eigenvalue weighted by atomic mass is 10.2. The van der Waals surface area contributed by atoms with E-state index in [9.17, 15) is 5.11 Å². The van der Waals surface area contributed by atoms with Crippen LogP contribution in [-0.4, -0.2) is 30.5 Å². The second-order valence-corrected chi connectivity index (χ2v) is 4.08. The van der Waals surface area contributed by atoms with E-state index in [1.165, 1.54) is 0 Å². The first-order chi connectivity index (χ1) is 7.16. The minimum Gasteiger partial charge on any atom is -0.485 e. The van der Waals surface area contributed by atoms with Gasteiger partial charge in [-0.1, -0.05) is 11.6 Å². The van der Waals surface area contributed by atoms with Gasteiger partial charge in [0.2, 0.25) is 0 Å². The van der Waals surface area contributed by atoms with E-state index >= 15 is 0 Å². The standard InChI is InChI=1S/C11H13ClO3/c1-7-4-8(2-3-9(7)12)15-11-6-14-5-10(11)13/h2-4,10-11,13H,5-6H2,1H3/t10-,11-/m1/s1. The summed E-state index contributed by atoms with van der Waals surface area (Å²) in [6.45, 7) is 2.69. The first-order valence-corrected chi connectivity index (χ1v) is 5.23. The van der Waals surface area contributed by atoms with Crippen molar-refractivity contribution < 1.29 is 14.6 Å². The van der Waals surface area contributed by atoms with E-state index in [4.69, 9.17) is 21.1 Å². The number of benzene rings is 1. The number of hydrogen-bond acceptors (Lipinski definition) is 3. The fourth-order valence-corrected chi connectivity index (χ4v) is 1.62. The second kappa shape index (κ2) is 4.39. The van der Waals surface area contributed by atoms with Gasteiger partial charge in [-0.15, -0.1) is 0 Å². The summed E-state index contributed by atoms with van der Waals surface area (Å²) in [5.74, 6) is 0.714. The van der Waals surface area contributed by atoms with Crippen molar-refractivity contribution >= 4 is 11.6 Å². The Labute approximate surface area is 93.6 Å². The fourth-order valence-electron chi connectivity index (χ4n) is 1.50. The van der Waals surface area contributed by atoms with Crippen molar-refractivity contribution in [2.75, 3.05) is 13.2 Å². The van der Waals surface area contributed by atoms with Gasteiger partial charge >= 0.3 is 0 Å². The summed E-state index contributed by atoms with van der Waals surface area (Å²) in [7, 11) is 0. The van der Waals surface area contributed by atoms with Gasteiger partial charge in [-0.3, -0.25) is 0 Å². The molecule has 0 amide bonds. The highest BCUT2D eigenvalue weighted by Crippen LogP contribution is 2.23. The number of halogens is 1. The van der Waals surface area contributed by atoms with Crippen molar-refractivity contribution in [2.24, 2.45) is 0 Å². The van der Waals surface area contributed by atoms with Crippen LogP contribution < -0.4 is 4.74 Å². The van der Waals surface area contributed by atoms with Gasteiger partial charge in [-0.05, 0) is 30.7 Å². The van der Waals surface area contributed by atoms with E-state index in [1.54, 1.807) is 12.1 Å². The predicted molar refractivity (Wildman–Crippen MR) is 57.4 cm³/mol. The molecular formula is C11H13ClO3. The summed E-state index contributed by atoms with van der Waals surface area (Å²) in [6, 6.07) is 5.43. The third kappa shape index (κ3) is 2.43. The van der Waals surface area contributed by atoms with E-state index in [1.807, 2.05) is 13.0 Å². The Bertz CT molecular complexity index is 354. The van der Waals surface area contributed by atoms with E-state index in [2.05, 4.69) is 0 Å². The average Bonchev–Trinajstić information content (AvgIpc) is 2.59. The summed E-state index contributed by atoms with van der Waals surface area (Å²) >= 11 is 5.90. The van der Waals surface area contributed by atoms with E-state index < -0.39 is 6.10 Å². The number of aliphatic hydroxyl groups excluding tert-OH is 1. The van der Waals surface area contributed by atoms with E-state index in [0.717, 1.165) is 5.56 Å². The lowest BCUT2D eigenvalue weighted by molar-refractivity contribution is 0.0733. The molecular weight excluding hydrogens is 216 g/mol. The van der Waals surface area contributed by atoms with Crippen molar-refractivity contribution in [1.82, 2.24) is 0 Å². The van der Waals surface area contributed by atoms with Crippen LogP contribution in [0.15, 0.2) is 18.2 Å². The molecule has 1 heterocycles. The summed E-state index contributed by atoms with van der Waals surface area (Å²) in [6.07, 6.45) is -0.813. The van der Waals surface area contributed by atoms with Gasteiger partial charge in [0.25, 0.3) is 0 Å². The first-order valence-electron chi connectivity index (χ1n) is 4.85. The van der Waals surface area contributed by atoms with Gasteiger partial charge in [0.15, 0.2) is 0 Å². The summed E-state index contributed by atoms with van der Waals surface area (Å²) in [5, 5.41) is 10.2. The van der Waals surface area contributed by atoms with Crippen LogP contribution in [-0.2, 0) is 4.74 Å². The molecule has 2 rings (SSSR count). The smallest absolute Gasteiger partial charge is 0.150 e. The fraction of sp³-hybridized carbons (Fsp3) is 0.455. The highest BCUT2D eigenvalue weighted by atomic mass is 35.5. The largest absolute Gasteiger partial charge is 0.485 e. The molecule has 1 saturated heterocycles. The molecule has 0 spiro atoms. The molecule has 0 unspecified atom stereocenters. The van der Waals surface area contributed by atoms with Crippen LogP contribution in [0.25, 0.3) is 0 Å². The Hall–Kier alpha value is -0.770. The normalized spacial score (nSPS) is 25.5. The number of rotatable bonds is 2. The van der Waals surface area contributed by atoms with Gasteiger partial charge in [0, 0.05) is 5.02 Å². The molecule has 1 aromatic rings. The second-order valence-electron chi connectivity index (χ2n) is 3.67. The zero-order valence-corrected chi connectivity index (χ0v) is 9.20. The highest BCUT2D eigenvalue weighted by molar-refractivity contribution is 6.31. The van der Waals surface area contributed by atoms with E-state index in [-0.39, 0.29) is 6.10 Å². The van der Waals surface area contributed by atoms with Crippen LogP contribution in [0.3, 0.4) is 0 Å². The molecule has 1 aliphatic heterocycles. The van der Waals surface area contributed by atoms with Gasteiger partial charge in [-0.25, -0.2) is 0 Å². The Morgan fingerprint density at radius 1 is 1.47 bits per heavy atom. The van der Waals surface area contributed by atoms with Crippen LogP contribution in [0.5, 0.6) is 5.75 Å². The summed E-state index contributed by atoms with van der Waals surface area (Å²) < 4.78 is 10.7. The quantitative estimate of drug-likeness (QED) is 0.839. The molecule has 1 fully saturated rings. The third-order valence-corrected chi connectivity index (χ3v) is 2.84. The van der Waals surface area contributed by atoms with Crippen LogP contribution >= 0.6 is 11.6 Å². The lowest BCUT2D eigenvalue weighted by Crippen LogP contribution is -2.29. The van der Waals surface area contributed by atoms with Gasteiger partial charge in [0.1, 0.15) is 18.0 Å². The van der Waals surface area contributed by atoms with Gasteiger partial charge < -0.3 is 14.6 Å². The third-order valence-electron chi connectivity index (χ3n) is 2.42. The zero-order chi connectivity index (χ0) is 10.8. The van der Waals surface area contributed by atoms with Crippen LogP contribution in [0.4, 0.5) is 0 Å². The summed E-state index contributed by atoms with van der Waals surface area (Å²) in [5.41, 5.74) is 0.961. The minimum atomic E-state index is -0.541. The highest BCUT2D eigenvalue weighted by Gasteiger charge is 2.27. The van der Waals surface area contributed by atoms with Crippen molar-refractivity contribution in [2.45, 2.75) is 19.1 Å². The average molecular weight is 229 g/mol.